The molecule has 2 N–H and O–H groups in total. The van der Waals surface area contributed by atoms with E-state index < -0.39 is 5.97 Å². The monoisotopic (exact) mass is 482 g/mol. The van der Waals surface area contributed by atoms with Gasteiger partial charge in [0.15, 0.2) is 0 Å². The largest absolute Gasteiger partial charge is 0.488 e. The molecule has 0 radical (unpaired) electrons. The van der Waals surface area contributed by atoms with Crippen LogP contribution in [0, 0.1) is 0 Å². The Morgan fingerprint density at radius 2 is 1.61 bits per heavy atom. The second kappa shape index (κ2) is 11.4. The van der Waals surface area contributed by atoms with Gasteiger partial charge in [-0.05, 0) is 42.7 Å². The molecule has 184 valence electrons. The highest BCUT2D eigenvalue weighted by molar-refractivity contribution is 6.01. The van der Waals surface area contributed by atoms with Crippen molar-refractivity contribution < 1.29 is 19.4 Å². The maximum absolute atomic E-state index is 13.1. The number of carboxylic acid groups (broad SMARTS) is 1. The van der Waals surface area contributed by atoms with Crippen molar-refractivity contribution in [2.45, 2.75) is 26.4 Å². The molecule has 4 rings (SSSR count). The first-order valence-electron chi connectivity index (χ1n) is 11.9. The van der Waals surface area contributed by atoms with Gasteiger partial charge in [0.05, 0.1) is 6.42 Å². The molecule has 0 aliphatic rings. The van der Waals surface area contributed by atoms with Gasteiger partial charge in [-0.3, -0.25) is 4.79 Å². The van der Waals surface area contributed by atoms with E-state index in [1.54, 1.807) is 24.9 Å². The summed E-state index contributed by atoms with van der Waals surface area (Å²) in [6, 6.07) is 25.5. The maximum Gasteiger partial charge on any atom is 0.331 e. The Bertz CT molecular complexity index is 1370. The molecule has 0 spiro atoms. The Labute approximate surface area is 210 Å². The molecule has 0 fully saturated rings. The summed E-state index contributed by atoms with van der Waals surface area (Å²) in [5.74, 6) is -0.427. The van der Waals surface area contributed by atoms with Crippen LogP contribution >= 0.6 is 0 Å². The number of nitrogens with zero attached hydrogens (tertiary/aromatic N) is 1. The SMILES string of the molecule is CC(=Cc1c(CC(=O)N(C)CCc2ccccc2)[nH]c2cccc(OCc3ccccc3)c12)C(=O)O. The number of carbonyl (C=O) groups is 2. The molecule has 0 unspecified atom stereocenters. The number of hydrogen-bond acceptors (Lipinski definition) is 3. The van der Waals surface area contributed by atoms with Gasteiger partial charge in [0, 0.05) is 41.3 Å². The number of amides is 1. The zero-order chi connectivity index (χ0) is 25.5. The van der Waals surface area contributed by atoms with Crippen molar-refractivity contribution in [3.8, 4) is 5.75 Å². The Morgan fingerprint density at radius 3 is 2.28 bits per heavy atom. The number of carboxylic acids is 1. The Kier molecular flexibility index (Phi) is 7.85. The number of likely N-dealkylation sites (N-methyl/N-ethyl adjacent to an activating group) is 1. The van der Waals surface area contributed by atoms with Gasteiger partial charge in [-0.2, -0.15) is 0 Å². The number of fused-ring (bicyclic) bond motifs is 1. The summed E-state index contributed by atoms with van der Waals surface area (Å²) in [5, 5.41) is 10.3. The lowest BCUT2D eigenvalue weighted by atomic mass is 10.0. The number of aromatic amines is 1. The van der Waals surface area contributed by atoms with Gasteiger partial charge >= 0.3 is 5.97 Å². The normalized spacial score (nSPS) is 11.4. The fourth-order valence-corrected chi connectivity index (χ4v) is 4.08. The fourth-order valence-electron chi connectivity index (χ4n) is 4.08. The molecule has 6 heteroatoms. The molecular weight excluding hydrogens is 452 g/mol. The van der Waals surface area contributed by atoms with E-state index in [1.165, 1.54) is 5.56 Å². The number of H-pyrrole nitrogens is 1. The predicted molar refractivity (Wildman–Crippen MR) is 142 cm³/mol. The molecule has 0 aliphatic carbocycles. The second-order valence-corrected chi connectivity index (χ2v) is 8.83. The van der Waals surface area contributed by atoms with E-state index in [0.29, 0.717) is 30.2 Å². The van der Waals surface area contributed by atoms with E-state index in [9.17, 15) is 14.7 Å². The van der Waals surface area contributed by atoms with Crippen molar-refractivity contribution in [3.05, 3.63) is 107 Å². The predicted octanol–water partition coefficient (Wildman–Crippen LogP) is 5.48. The number of hydrogen-bond donors (Lipinski definition) is 2. The average molecular weight is 483 g/mol. The van der Waals surface area contributed by atoms with E-state index in [1.807, 2.05) is 78.9 Å². The van der Waals surface area contributed by atoms with Gasteiger partial charge in [-0.25, -0.2) is 4.79 Å². The van der Waals surface area contributed by atoms with Gasteiger partial charge in [0.25, 0.3) is 0 Å². The molecule has 3 aromatic carbocycles. The lowest BCUT2D eigenvalue weighted by Gasteiger charge is -2.17. The van der Waals surface area contributed by atoms with E-state index in [2.05, 4.69) is 4.98 Å². The highest BCUT2D eigenvalue weighted by atomic mass is 16.5. The van der Waals surface area contributed by atoms with Crippen molar-refractivity contribution in [1.82, 2.24) is 9.88 Å². The quantitative estimate of drug-likeness (QED) is 0.293. The number of ether oxygens (including phenoxy) is 1. The van der Waals surface area contributed by atoms with Crippen LogP contribution in [0.15, 0.2) is 84.4 Å². The summed E-state index contributed by atoms with van der Waals surface area (Å²) in [7, 11) is 1.79. The highest BCUT2D eigenvalue weighted by Crippen LogP contribution is 2.34. The van der Waals surface area contributed by atoms with Crippen molar-refractivity contribution in [3.63, 3.8) is 0 Å². The smallest absolute Gasteiger partial charge is 0.331 e. The van der Waals surface area contributed by atoms with E-state index in [-0.39, 0.29) is 17.9 Å². The first-order valence-corrected chi connectivity index (χ1v) is 11.9. The third-order valence-corrected chi connectivity index (χ3v) is 6.17. The zero-order valence-corrected chi connectivity index (χ0v) is 20.5. The van der Waals surface area contributed by atoms with Crippen LogP contribution in [0.25, 0.3) is 17.0 Å². The molecule has 4 aromatic rings. The van der Waals surface area contributed by atoms with Crippen LogP contribution < -0.4 is 4.74 Å². The standard InChI is InChI=1S/C30H30N2O4/c1-21(30(34)35)18-24-26(19-28(33)32(2)17-16-22-10-5-3-6-11-22)31-25-14-9-15-27(29(24)25)36-20-23-12-7-4-8-13-23/h3-15,18,31H,16-17,19-20H2,1-2H3,(H,34,35). The van der Waals surface area contributed by atoms with E-state index >= 15 is 0 Å². The zero-order valence-electron chi connectivity index (χ0n) is 20.5. The summed E-state index contributed by atoms with van der Waals surface area (Å²) in [6.07, 6.45) is 2.50. The first-order chi connectivity index (χ1) is 17.4. The van der Waals surface area contributed by atoms with Gasteiger partial charge in [0.1, 0.15) is 12.4 Å². The van der Waals surface area contributed by atoms with Crippen LogP contribution in [-0.2, 0) is 29.0 Å². The Hall–Kier alpha value is -4.32. The van der Waals surface area contributed by atoms with Crippen LogP contribution in [0.1, 0.15) is 29.3 Å². The summed E-state index contributed by atoms with van der Waals surface area (Å²) in [5.41, 5.74) is 4.50. The molecule has 1 amide bonds. The first kappa shape index (κ1) is 24.8. The topological polar surface area (TPSA) is 82.6 Å². The summed E-state index contributed by atoms with van der Waals surface area (Å²) >= 11 is 0. The number of nitrogens with one attached hydrogen (secondary N) is 1. The van der Waals surface area contributed by atoms with Crippen molar-refractivity contribution in [2.24, 2.45) is 0 Å². The number of aromatic nitrogens is 1. The molecule has 36 heavy (non-hydrogen) atoms. The van der Waals surface area contributed by atoms with E-state index in [0.717, 1.165) is 22.9 Å². The van der Waals surface area contributed by atoms with Gasteiger partial charge in [-0.1, -0.05) is 66.7 Å². The minimum absolute atomic E-state index is 0.0492. The minimum Gasteiger partial charge on any atom is -0.488 e. The van der Waals surface area contributed by atoms with Crippen LogP contribution in [0.5, 0.6) is 5.75 Å². The van der Waals surface area contributed by atoms with Crippen LogP contribution in [0.3, 0.4) is 0 Å². The van der Waals surface area contributed by atoms with Crippen molar-refractivity contribution >= 4 is 28.9 Å². The second-order valence-electron chi connectivity index (χ2n) is 8.83. The van der Waals surface area contributed by atoms with Crippen molar-refractivity contribution in [1.29, 1.82) is 0 Å². The lowest BCUT2D eigenvalue weighted by molar-refractivity contribution is -0.132. The fraction of sp³-hybridized carbons (Fsp3) is 0.200. The molecule has 0 saturated carbocycles. The summed E-state index contributed by atoms with van der Waals surface area (Å²) in [6.45, 7) is 2.52. The average Bonchev–Trinajstić information content (AvgIpc) is 3.24. The molecule has 1 aromatic heterocycles. The summed E-state index contributed by atoms with van der Waals surface area (Å²) in [4.78, 5) is 29.8. The van der Waals surface area contributed by atoms with Crippen molar-refractivity contribution in [2.75, 3.05) is 13.6 Å². The number of benzene rings is 3. The molecule has 6 nitrogen and oxygen atoms in total. The summed E-state index contributed by atoms with van der Waals surface area (Å²) < 4.78 is 6.15. The van der Waals surface area contributed by atoms with E-state index in [4.69, 9.17) is 4.74 Å². The third kappa shape index (κ3) is 6.02. The van der Waals surface area contributed by atoms with Gasteiger partial charge in [-0.15, -0.1) is 0 Å². The molecule has 1 heterocycles. The van der Waals surface area contributed by atoms with Gasteiger partial charge < -0.3 is 19.7 Å². The Balaban J connectivity index is 1.62. The van der Waals surface area contributed by atoms with Crippen LogP contribution in [-0.4, -0.2) is 40.5 Å². The Morgan fingerprint density at radius 1 is 0.944 bits per heavy atom. The third-order valence-electron chi connectivity index (χ3n) is 6.17. The number of rotatable bonds is 10. The lowest BCUT2D eigenvalue weighted by Crippen LogP contribution is -2.30. The molecular formula is C30H30N2O4. The number of carbonyl (C=O) groups excluding carboxylic acids is 1. The van der Waals surface area contributed by atoms with Gasteiger partial charge in [0.2, 0.25) is 5.91 Å². The minimum atomic E-state index is -1.01. The molecule has 0 aliphatic heterocycles. The van der Waals surface area contributed by atoms with Crippen LogP contribution in [0.4, 0.5) is 0 Å². The molecule has 0 atom stereocenters. The van der Waals surface area contributed by atoms with Crippen LogP contribution in [0.2, 0.25) is 0 Å². The molecule has 0 saturated heterocycles. The molecule has 0 bridgehead atoms. The maximum atomic E-state index is 13.1. The number of aliphatic carboxylic acids is 1. The highest BCUT2D eigenvalue weighted by Gasteiger charge is 2.19.